The van der Waals surface area contributed by atoms with Crippen LogP contribution >= 0.6 is 11.3 Å². The van der Waals surface area contributed by atoms with Gasteiger partial charge in [-0.3, -0.25) is 0 Å². The lowest BCUT2D eigenvalue weighted by Crippen LogP contribution is -2.16. The fourth-order valence-electron chi connectivity index (χ4n) is 1.08. The van der Waals surface area contributed by atoms with Crippen molar-refractivity contribution < 1.29 is 9.90 Å². The first-order valence-electron chi connectivity index (χ1n) is 4.03. The maximum atomic E-state index is 10.9. The van der Waals surface area contributed by atoms with Crippen LogP contribution < -0.4 is 0 Å². The molecule has 0 aliphatic carbocycles. The molecule has 1 rings (SSSR count). The molecule has 0 bridgehead atoms. The Morgan fingerprint density at radius 1 is 1.46 bits per heavy atom. The molecular weight excluding hydrogens is 186 g/mol. The molecule has 1 aromatic rings. The second-order valence-corrected chi connectivity index (χ2v) is 5.17. The fourth-order valence-corrected chi connectivity index (χ4v) is 2.05. The van der Waals surface area contributed by atoms with Gasteiger partial charge < -0.3 is 5.11 Å². The summed E-state index contributed by atoms with van der Waals surface area (Å²) >= 11 is 1.24. The Balaban J connectivity index is 3.28. The van der Waals surface area contributed by atoms with Crippen molar-refractivity contribution in [2.45, 2.75) is 33.1 Å². The smallest absolute Gasteiger partial charge is 0.347 e. The van der Waals surface area contributed by atoms with Crippen molar-refractivity contribution >= 4 is 17.3 Å². The molecule has 0 saturated heterocycles. The van der Waals surface area contributed by atoms with Crippen LogP contribution in [0.25, 0.3) is 0 Å². The largest absolute Gasteiger partial charge is 0.477 e. The van der Waals surface area contributed by atoms with Gasteiger partial charge >= 0.3 is 5.97 Å². The molecule has 0 aliphatic rings. The zero-order chi connectivity index (χ0) is 10.2. The van der Waals surface area contributed by atoms with Gasteiger partial charge in [-0.2, -0.15) is 0 Å². The molecule has 0 amide bonds. The van der Waals surface area contributed by atoms with Crippen LogP contribution in [0.1, 0.15) is 41.1 Å². The van der Waals surface area contributed by atoms with E-state index >= 15 is 0 Å². The van der Waals surface area contributed by atoms with Gasteiger partial charge in [-0.25, -0.2) is 9.78 Å². The highest BCUT2D eigenvalue weighted by Crippen LogP contribution is 2.29. The van der Waals surface area contributed by atoms with Crippen LogP contribution in [0, 0.1) is 6.92 Å². The number of aromatic nitrogens is 1. The minimum atomic E-state index is -0.879. The molecule has 0 aliphatic heterocycles. The lowest BCUT2D eigenvalue weighted by atomic mass is 9.91. The Hall–Kier alpha value is -0.900. The van der Waals surface area contributed by atoms with Crippen molar-refractivity contribution in [3.8, 4) is 0 Å². The third kappa shape index (κ3) is 2.06. The summed E-state index contributed by atoms with van der Waals surface area (Å²) in [5.74, 6) is -0.879. The summed E-state index contributed by atoms with van der Waals surface area (Å²) in [6.45, 7) is 7.72. The number of carboxylic acid groups (broad SMARTS) is 1. The van der Waals surface area contributed by atoms with Gasteiger partial charge in [0.2, 0.25) is 0 Å². The zero-order valence-electron chi connectivity index (χ0n) is 8.21. The maximum Gasteiger partial charge on any atom is 0.347 e. The summed E-state index contributed by atoms with van der Waals surface area (Å²) in [6.07, 6.45) is 0. The molecule has 13 heavy (non-hydrogen) atoms. The summed E-state index contributed by atoms with van der Waals surface area (Å²) < 4.78 is 0. The summed E-state index contributed by atoms with van der Waals surface area (Å²) in [6, 6.07) is 0. The van der Waals surface area contributed by atoms with Gasteiger partial charge in [0.25, 0.3) is 0 Å². The number of rotatable bonds is 1. The Labute approximate surface area is 81.4 Å². The van der Waals surface area contributed by atoms with E-state index in [1.165, 1.54) is 11.3 Å². The normalized spacial score (nSPS) is 11.7. The van der Waals surface area contributed by atoms with Crippen LogP contribution in [0.15, 0.2) is 0 Å². The molecule has 1 heterocycles. The van der Waals surface area contributed by atoms with Gasteiger partial charge in [0.15, 0.2) is 0 Å². The lowest BCUT2D eigenvalue weighted by molar-refractivity contribution is 0.0699. The van der Waals surface area contributed by atoms with Gasteiger partial charge in [0.1, 0.15) is 4.88 Å². The molecule has 1 N–H and O–H groups in total. The van der Waals surface area contributed by atoms with Crippen molar-refractivity contribution in [1.29, 1.82) is 0 Å². The molecule has 3 nitrogen and oxygen atoms in total. The topological polar surface area (TPSA) is 50.2 Å². The van der Waals surface area contributed by atoms with E-state index in [-0.39, 0.29) is 5.41 Å². The summed E-state index contributed by atoms with van der Waals surface area (Å²) in [5.41, 5.74) is 0.487. The first-order valence-corrected chi connectivity index (χ1v) is 4.85. The maximum absolute atomic E-state index is 10.9. The van der Waals surface area contributed by atoms with Gasteiger partial charge in [-0.1, -0.05) is 20.8 Å². The molecule has 1 aromatic heterocycles. The van der Waals surface area contributed by atoms with Crippen LogP contribution in [0.4, 0.5) is 0 Å². The highest BCUT2D eigenvalue weighted by Gasteiger charge is 2.25. The first-order chi connectivity index (χ1) is 5.82. The average molecular weight is 199 g/mol. The average Bonchev–Trinajstić information content (AvgIpc) is 2.29. The first kappa shape index (κ1) is 10.2. The fraction of sp³-hybridized carbons (Fsp3) is 0.556. The molecule has 0 spiro atoms. The predicted molar refractivity (Wildman–Crippen MR) is 52.5 cm³/mol. The summed E-state index contributed by atoms with van der Waals surface area (Å²) in [4.78, 5) is 15.5. The number of aromatic carboxylic acids is 1. The third-order valence-electron chi connectivity index (χ3n) is 1.64. The van der Waals surface area contributed by atoms with Crippen molar-refractivity contribution in [2.75, 3.05) is 0 Å². The Morgan fingerprint density at radius 2 is 2.00 bits per heavy atom. The standard InChI is InChI=1S/C9H13NO2S/c1-5-10-7(9(2,3)4)6(13-5)8(11)12/h1-4H3,(H,11,12). The van der Waals surface area contributed by atoms with E-state index in [1.807, 2.05) is 27.7 Å². The summed E-state index contributed by atoms with van der Waals surface area (Å²) in [7, 11) is 0. The molecule has 0 saturated carbocycles. The Bertz CT molecular complexity index is 336. The molecule has 0 unspecified atom stereocenters. The molecular formula is C9H13NO2S. The summed E-state index contributed by atoms with van der Waals surface area (Å²) in [5, 5.41) is 9.72. The number of nitrogens with zero attached hydrogens (tertiary/aromatic N) is 1. The van der Waals surface area contributed by atoms with Gasteiger partial charge in [0, 0.05) is 5.41 Å². The number of carboxylic acids is 1. The number of thiazole rings is 1. The minimum absolute atomic E-state index is 0.196. The molecule has 0 radical (unpaired) electrons. The van der Waals surface area contributed by atoms with Gasteiger partial charge in [-0.15, -0.1) is 11.3 Å². The van der Waals surface area contributed by atoms with Crippen LogP contribution in [0.5, 0.6) is 0 Å². The second kappa shape index (κ2) is 3.10. The van der Waals surface area contributed by atoms with Crippen LogP contribution in [0.2, 0.25) is 0 Å². The molecule has 72 valence electrons. The van der Waals surface area contributed by atoms with E-state index < -0.39 is 5.97 Å². The SMILES string of the molecule is Cc1nc(C(C)(C)C)c(C(=O)O)s1. The third-order valence-corrected chi connectivity index (χ3v) is 2.60. The number of aryl methyl sites for hydroxylation is 1. The quantitative estimate of drug-likeness (QED) is 0.755. The van der Waals surface area contributed by atoms with Crippen molar-refractivity contribution in [1.82, 2.24) is 4.98 Å². The van der Waals surface area contributed by atoms with E-state index in [0.29, 0.717) is 10.6 Å². The molecule has 0 atom stereocenters. The van der Waals surface area contributed by atoms with E-state index in [4.69, 9.17) is 5.11 Å². The minimum Gasteiger partial charge on any atom is -0.477 e. The second-order valence-electron chi connectivity index (χ2n) is 3.97. The van der Waals surface area contributed by atoms with Crippen molar-refractivity contribution in [3.63, 3.8) is 0 Å². The van der Waals surface area contributed by atoms with Gasteiger partial charge in [-0.05, 0) is 6.92 Å². The van der Waals surface area contributed by atoms with E-state index in [0.717, 1.165) is 5.01 Å². The van der Waals surface area contributed by atoms with Crippen molar-refractivity contribution in [3.05, 3.63) is 15.6 Å². The number of carbonyl (C=O) groups is 1. The van der Waals surface area contributed by atoms with E-state index in [9.17, 15) is 4.79 Å². The van der Waals surface area contributed by atoms with Crippen molar-refractivity contribution in [2.24, 2.45) is 0 Å². The zero-order valence-corrected chi connectivity index (χ0v) is 9.03. The highest BCUT2D eigenvalue weighted by atomic mass is 32.1. The Morgan fingerprint density at radius 3 is 2.31 bits per heavy atom. The predicted octanol–water partition coefficient (Wildman–Crippen LogP) is 2.45. The highest BCUT2D eigenvalue weighted by molar-refractivity contribution is 7.13. The Kier molecular flexibility index (Phi) is 2.43. The number of hydrogen-bond acceptors (Lipinski definition) is 3. The van der Waals surface area contributed by atoms with Gasteiger partial charge in [0.05, 0.1) is 10.7 Å². The molecule has 0 aromatic carbocycles. The molecule has 0 fully saturated rings. The van der Waals surface area contributed by atoms with Crippen LogP contribution in [-0.4, -0.2) is 16.1 Å². The number of hydrogen-bond donors (Lipinski definition) is 1. The van der Waals surface area contributed by atoms with E-state index in [1.54, 1.807) is 0 Å². The van der Waals surface area contributed by atoms with Crippen LogP contribution in [-0.2, 0) is 5.41 Å². The van der Waals surface area contributed by atoms with Crippen LogP contribution in [0.3, 0.4) is 0 Å². The molecule has 4 heteroatoms. The lowest BCUT2D eigenvalue weighted by Gasteiger charge is -2.15. The van der Waals surface area contributed by atoms with E-state index in [2.05, 4.69) is 4.98 Å². The monoisotopic (exact) mass is 199 g/mol.